The molecule has 0 aliphatic rings. The van der Waals surface area contributed by atoms with Gasteiger partial charge < -0.3 is 16.2 Å². The highest BCUT2D eigenvalue weighted by atomic mass is 16.5. The fourth-order valence-electron chi connectivity index (χ4n) is 1.09. The molecule has 0 heterocycles. The minimum absolute atomic E-state index is 0.360. The van der Waals surface area contributed by atoms with Crippen molar-refractivity contribution < 1.29 is 9.53 Å². The molecule has 13 heavy (non-hydrogen) atoms. The summed E-state index contributed by atoms with van der Waals surface area (Å²) >= 11 is 0. The van der Waals surface area contributed by atoms with Crippen LogP contribution in [0.2, 0.25) is 0 Å². The molecule has 0 amide bonds. The summed E-state index contributed by atoms with van der Waals surface area (Å²) in [5.41, 5.74) is 13.3. The fourth-order valence-corrected chi connectivity index (χ4v) is 1.09. The number of aldehydes is 1. The Morgan fingerprint density at radius 1 is 1.38 bits per heavy atom. The zero-order valence-electron chi connectivity index (χ0n) is 7.41. The van der Waals surface area contributed by atoms with Crippen molar-refractivity contribution in [3.63, 3.8) is 0 Å². The lowest BCUT2D eigenvalue weighted by molar-refractivity contribution is 0.111. The molecule has 0 radical (unpaired) electrons. The molecular weight excluding hydrogens is 168 g/mol. The molecule has 0 bridgehead atoms. The van der Waals surface area contributed by atoms with E-state index in [1.807, 2.05) is 0 Å². The fraction of sp³-hybridized carbons (Fsp3) is 0.222. The second kappa shape index (κ2) is 3.91. The lowest BCUT2D eigenvalue weighted by Crippen LogP contribution is -2.01. The summed E-state index contributed by atoms with van der Waals surface area (Å²) in [5, 5.41) is 0. The maximum Gasteiger partial charge on any atom is 0.150 e. The molecule has 0 saturated heterocycles. The summed E-state index contributed by atoms with van der Waals surface area (Å²) in [6.07, 6.45) is 0.740. The first kappa shape index (κ1) is 9.54. The van der Waals surface area contributed by atoms with Crippen LogP contribution in [-0.2, 0) is 11.3 Å². The van der Waals surface area contributed by atoms with Crippen LogP contribution in [0.25, 0.3) is 0 Å². The first-order valence-corrected chi connectivity index (χ1v) is 3.81. The van der Waals surface area contributed by atoms with Gasteiger partial charge in [-0.15, -0.1) is 0 Å². The largest absolute Gasteiger partial charge is 0.397 e. The predicted molar refractivity (Wildman–Crippen MR) is 51.4 cm³/mol. The van der Waals surface area contributed by atoms with Gasteiger partial charge in [-0.3, -0.25) is 4.79 Å². The van der Waals surface area contributed by atoms with E-state index in [4.69, 9.17) is 16.2 Å². The number of anilines is 2. The zero-order chi connectivity index (χ0) is 9.84. The van der Waals surface area contributed by atoms with E-state index in [-0.39, 0.29) is 0 Å². The van der Waals surface area contributed by atoms with Gasteiger partial charge in [-0.1, -0.05) is 0 Å². The van der Waals surface area contributed by atoms with Gasteiger partial charge in [-0.25, -0.2) is 0 Å². The molecule has 1 aromatic rings. The van der Waals surface area contributed by atoms with Gasteiger partial charge in [-0.05, 0) is 17.7 Å². The highest BCUT2D eigenvalue weighted by Crippen LogP contribution is 2.20. The smallest absolute Gasteiger partial charge is 0.150 e. The number of hydrogen-bond acceptors (Lipinski definition) is 4. The number of ether oxygens (including phenoxy) is 1. The van der Waals surface area contributed by atoms with E-state index < -0.39 is 0 Å². The van der Waals surface area contributed by atoms with Crippen LogP contribution in [0, 0.1) is 0 Å². The van der Waals surface area contributed by atoms with Crippen molar-refractivity contribution in [3.8, 4) is 0 Å². The number of hydrogen-bond donors (Lipinski definition) is 2. The number of methoxy groups -OCH3 is 1. The van der Waals surface area contributed by atoms with Crippen molar-refractivity contribution >= 4 is 17.7 Å². The standard InChI is InChI=1S/C9H12N2O2/c1-13-5-7-3-9(11)8(10)2-6(7)4-12/h2-4H,5,10-11H2,1H3. The Hall–Kier alpha value is -1.55. The first-order valence-electron chi connectivity index (χ1n) is 3.81. The van der Waals surface area contributed by atoms with Crippen LogP contribution >= 0.6 is 0 Å². The maximum atomic E-state index is 10.6. The Morgan fingerprint density at radius 2 is 2.00 bits per heavy atom. The second-order valence-corrected chi connectivity index (χ2v) is 2.73. The average Bonchev–Trinajstić information content (AvgIpc) is 2.11. The minimum Gasteiger partial charge on any atom is -0.397 e. The van der Waals surface area contributed by atoms with Crippen LogP contribution in [0.4, 0.5) is 11.4 Å². The van der Waals surface area contributed by atoms with E-state index in [2.05, 4.69) is 0 Å². The molecule has 0 fully saturated rings. The summed E-state index contributed by atoms with van der Waals surface area (Å²) in [4.78, 5) is 10.6. The summed E-state index contributed by atoms with van der Waals surface area (Å²) in [6, 6.07) is 3.21. The van der Waals surface area contributed by atoms with Crippen LogP contribution in [0.1, 0.15) is 15.9 Å². The molecule has 1 rings (SSSR count). The highest BCUT2D eigenvalue weighted by Gasteiger charge is 2.04. The molecule has 4 N–H and O–H groups in total. The van der Waals surface area contributed by atoms with Crippen LogP contribution < -0.4 is 11.5 Å². The van der Waals surface area contributed by atoms with Crippen molar-refractivity contribution in [1.29, 1.82) is 0 Å². The third-order valence-corrected chi connectivity index (χ3v) is 1.77. The van der Waals surface area contributed by atoms with E-state index in [9.17, 15) is 4.79 Å². The van der Waals surface area contributed by atoms with Gasteiger partial charge in [0.15, 0.2) is 0 Å². The topological polar surface area (TPSA) is 78.3 Å². The van der Waals surface area contributed by atoms with Gasteiger partial charge in [-0.2, -0.15) is 0 Å². The third kappa shape index (κ3) is 1.97. The van der Waals surface area contributed by atoms with Crippen molar-refractivity contribution in [1.82, 2.24) is 0 Å². The van der Waals surface area contributed by atoms with Gasteiger partial charge in [0, 0.05) is 12.7 Å². The van der Waals surface area contributed by atoms with Crippen LogP contribution in [0.15, 0.2) is 12.1 Å². The zero-order valence-corrected chi connectivity index (χ0v) is 7.41. The molecule has 4 heteroatoms. The molecule has 0 atom stereocenters. The maximum absolute atomic E-state index is 10.6. The van der Waals surface area contributed by atoms with E-state index in [0.717, 1.165) is 11.8 Å². The number of carbonyl (C=O) groups is 1. The second-order valence-electron chi connectivity index (χ2n) is 2.73. The van der Waals surface area contributed by atoms with E-state index in [1.165, 1.54) is 0 Å². The summed E-state index contributed by atoms with van der Waals surface area (Å²) in [7, 11) is 1.56. The normalized spacial score (nSPS) is 9.92. The van der Waals surface area contributed by atoms with Crippen molar-refractivity contribution in [2.45, 2.75) is 6.61 Å². The third-order valence-electron chi connectivity index (χ3n) is 1.77. The average molecular weight is 180 g/mol. The lowest BCUT2D eigenvalue weighted by Gasteiger charge is -2.07. The molecule has 0 aliphatic carbocycles. The van der Waals surface area contributed by atoms with Gasteiger partial charge in [0.05, 0.1) is 18.0 Å². The Balaban J connectivity index is 3.16. The number of benzene rings is 1. The van der Waals surface area contributed by atoms with E-state index in [0.29, 0.717) is 23.5 Å². The molecule has 0 unspecified atom stereocenters. The first-order chi connectivity index (χ1) is 6.19. The van der Waals surface area contributed by atoms with Gasteiger partial charge in [0.2, 0.25) is 0 Å². The monoisotopic (exact) mass is 180 g/mol. The van der Waals surface area contributed by atoms with Gasteiger partial charge in [0.1, 0.15) is 6.29 Å². The Labute approximate surface area is 76.5 Å². The molecule has 0 saturated carbocycles. The number of rotatable bonds is 3. The Kier molecular flexibility index (Phi) is 2.87. The quantitative estimate of drug-likeness (QED) is 0.533. The molecule has 70 valence electrons. The van der Waals surface area contributed by atoms with Crippen molar-refractivity contribution in [3.05, 3.63) is 23.3 Å². The Bertz CT molecular complexity index is 324. The molecule has 0 aliphatic heterocycles. The lowest BCUT2D eigenvalue weighted by atomic mass is 10.1. The van der Waals surface area contributed by atoms with Gasteiger partial charge in [0.25, 0.3) is 0 Å². The molecule has 0 aromatic heterocycles. The number of nitrogens with two attached hydrogens (primary N) is 2. The van der Waals surface area contributed by atoms with E-state index in [1.54, 1.807) is 19.2 Å². The van der Waals surface area contributed by atoms with Crippen molar-refractivity contribution in [2.24, 2.45) is 0 Å². The number of nitrogen functional groups attached to an aromatic ring is 2. The molecule has 0 spiro atoms. The molecule has 4 nitrogen and oxygen atoms in total. The number of carbonyl (C=O) groups excluding carboxylic acids is 1. The highest BCUT2D eigenvalue weighted by molar-refractivity contribution is 5.82. The predicted octanol–water partition coefficient (Wildman–Crippen LogP) is 0.810. The summed E-state index contributed by atoms with van der Waals surface area (Å²) < 4.78 is 4.91. The van der Waals surface area contributed by atoms with Crippen LogP contribution in [0.5, 0.6) is 0 Å². The van der Waals surface area contributed by atoms with Gasteiger partial charge >= 0.3 is 0 Å². The van der Waals surface area contributed by atoms with E-state index >= 15 is 0 Å². The summed E-state index contributed by atoms with van der Waals surface area (Å²) in [5.74, 6) is 0. The van der Waals surface area contributed by atoms with Crippen LogP contribution in [-0.4, -0.2) is 13.4 Å². The molecular formula is C9H12N2O2. The SMILES string of the molecule is COCc1cc(N)c(N)cc1C=O. The minimum atomic E-state index is 0.360. The van der Waals surface area contributed by atoms with Crippen molar-refractivity contribution in [2.75, 3.05) is 18.6 Å². The summed E-state index contributed by atoms with van der Waals surface area (Å²) in [6.45, 7) is 0.360. The van der Waals surface area contributed by atoms with Crippen LogP contribution in [0.3, 0.4) is 0 Å². The molecule has 1 aromatic carbocycles. The Morgan fingerprint density at radius 3 is 2.54 bits per heavy atom.